The number of carbonyl (C=O) groups is 2. The summed E-state index contributed by atoms with van der Waals surface area (Å²) in [7, 11) is 0. The number of aryl methyl sites for hydroxylation is 1. The molecule has 1 aliphatic heterocycles. The topological polar surface area (TPSA) is 58.6 Å². The fourth-order valence-electron chi connectivity index (χ4n) is 2.27. The second-order valence-electron chi connectivity index (χ2n) is 4.75. The Morgan fingerprint density at radius 2 is 2.09 bits per heavy atom. The summed E-state index contributed by atoms with van der Waals surface area (Å²) >= 11 is 0. The lowest BCUT2D eigenvalue weighted by molar-refractivity contribution is -0.167. The standard InChI is InChI=1S/C14H15F3N2O3/c1-2-22-13(21)19-7-3-4-9-8-10(5-6-11(9)19)18-12(20)14(15,16)17/h5-6,8H,2-4,7H2,1H3,(H,18,20). The molecule has 1 aliphatic rings. The van der Waals surface area contributed by atoms with Crippen molar-refractivity contribution in [3.05, 3.63) is 23.8 Å². The van der Waals surface area contributed by atoms with E-state index in [0.717, 1.165) is 0 Å². The van der Waals surface area contributed by atoms with Crippen molar-refractivity contribution in [1.82, 2.24) is 0 Å². The van der Waals surface area contributed by atoms with Crippen LogP contribution in [0.3, 0.4) is 0 Å². The van der Waals surface area contributed by atoms with Gasteiger partial charge in [0.05, 0.1) is 12.3 Å². The Morgan fingerprint density at radius 1 is 1.36 bits per heavy atom. The summed E-state index contributed by atoms with van der Waals surface area (Å²) in [5.74, 6) is -2.02. The third-order valence-electron chi connectivity index (χ3n) is 3.20. The predicted octanol–water partition coefficient (Wildman–Crippen LogP) is 3.10. The van der Waals surface area contributed by atoms with Gasteiger partial charge in [-0.1, -0.05) is 0 Å². The first kappa shape index (κ1) is 16.1. The first-order chi connectivity index (χ1) is 10.3. The molecule has 1 heterocycles. The lowest BCUT2D eigenvalue weighted by Crippen LogP contribution is -2.36. The summed E-state index contributed by atoms with van der Waals surface area (Å²) in [5, 5.41) is 1.80. The van der Waals surface area contributed by atoms with Gasteiger partial charge in [-0.05, 0) is 43.5 Å². The van der Waals surface area contributed by atoms with E-state index < -0.39 is 18.2 Å². The maximum absolute atomic E-state index is 12.2. The number of rotatable bonds is 2. The number of alkyl halides is 3. The van der Waals surface area contributed by atoms with E-state index in [1.807, 2.05) is 0 Å². The number of hydrogen-bond acceptors (Lipinski definition) is 3. The van der Waals surface area contributed by atoms with Gasteiger partial charge in [0.2, 0.25) is 0 Å². The molecule has 5 nitrogen and oxygen atoms in total. The summed E-state index contributed by atoms with van der Waals surface area (Å²) in [4.78, 5) is 24.2. The van der Waals surface area contributed by atoms with E-state index in [2.05, 4.69) is 0 Å². The molecule has 0 saturated heterocycles. The van der Waals surface area contributed by atoms with Crippen molar-refractivity contribution >= 4 is 23.4 Å². The van der Waals surface area contributed by atoms with Gasteiger partial charge in [-0.25, -0.2) is 4.79 Å². The van der Waals surface area contributed by atoms with Gasteiger partial charge < -0.3 is 10.1 Å². The summed E-state index contributed by atoms with van der Waals surface area (Å²) in [5.41, 5.74) is 1.33. The molecular formula is C14H15F3N2O3. The average Bonchev–Trinajstić information content (AvgIpc) is 2.45. The zero-order chi connectivity index (χ0) is 16.3. The molecule has 0 spiro atoms. The molecule has 120 valence electrons. The molecule has 0 fully saturated rings. The molecule has 2 amide bonds. The zero-order valence-electron chi connectivity index (χ0n) is 11.9. The van der Waals surface area contributed by atoms with E-state index in [4.69, 9.17) is 4.74 Å². The summed E-state index contributed by atoms with van der Waals surface area (Å²) in [6.45, 7) is 2.42. The molecule has 0 atom stereocenters. The fourth-order valence-corrected chi connectivity index (χ4v) is 2.27. The quantitative estimate of drug-likeness (QED) is 0.912. The molecule has 22 heavy (non-hydrogen) atoms. The molecule has 0 saturated carbocycles. The van der Waals surface area contributed by atoms with Gasteiger partial charge in [0, 0.05) is 12.2 Å². The lowest BCUT2D eigenvalue weighted by Gasteiger charge is -2.29. The molecule has 2 rings (SSSR count). The van der Waals surface area contributed by atoms with Crippen molar-refractivity contribution in [2.75, 3.05) is 23.4 Å². The van der Waals surface area contributed by atoms with Crippen LogP contribution in [0.1, 0.15) is 18.9 Å². The van der Waals surface area contributed by atoms with E-state index in [0.29, 0.717) is 30.6 Å². The number of ether oxygens (including phenoxy) is 1. The van der Waals surface area contributed by atoms with Crippen molar-refractivity contribution in [3.63, 3.8) is 0 Å². The van der Waals surface area contributed by atoms with E-state index in [1.165, 1.54) is 23.1 Å². The largest absolute Gasteiger partial charge is 0.471 e. The highest BCUT2D eigenvalue weighted by Gasteiger charge is 2.38. The third kappa shape index (κ3) is 3.49. The number of fused-ring (bicyclic) bond motifs is 1. The normalized spacial score (nSPS) is 14.3. The van der Waals surface area contributed by atoms with Crippen molar-refractivity contribution in [3.8, 4) is 0 Å². The fraction of sp³-hybridized carbons (Fsp3) is 0.429. The van der Waals surface area contributed by atoms with Gasteiger partial charge in [-0.2, -0.15) is 13.2 Å². The predicted molar refractivity (Wildman–Crippen MR) is 73.8 cm³/mol. The number of benzene rings is 1. The van der Waals surface area contributed by atoms with E-state index in [1.54, 1.807) is 12.2 Å². The van der Waals surface area contributed by atoms with Crippen LogP contribution in [0.25, 0.3) is 0 Å². The Balaban J connectivity index is 2.21. The molecular weight excluding hydrogens is 301 g/mol. The van der Waals surface area contributed by atoms with Crippen LogP contribution in [0.15, 0.2) is 18.2 Å². The molecule has 1 aromatic rings. The number of anilines is 2. The monoisotopic (exact) mass is 316 g/mol. The molecule has 8 heteroatoms. The number of amides is 2. The minimum absolute atomic E-state index is 0.0479. The Kier molecular flexibility index (Phi) is 4.58. The summed E-state index contributed by atoms with van der Waals surface area (Å²) in [6.07, 6.45) is -4.15. The highest BCUT2D eigenvalue weighted by atomic mass is 19.4. The smallest absolute Gasteiger partial charge is 0.449 e. The van der Waals surface area contributed by atoms with E-state index in [9.17, 15) is 22.8 Å². The molecule has 0 aromatic heterocycles. The number of hydrogen-bond donors (Lipinski definition) is 1. The van der Waals surface area contributed by atoms with Crippen LogP contribution in [0.2, 0.25) is 0 Å². The highest BCUT2D eigenvalue weighted by molar-refractivity contribution is 5.96. The summed E-state index contributed by atoms with van der Waals surface area (Å²) < 4.78 is 41.7. The molecule has 0 unspecified atom stereocenters. The number of nitrogens with one attached hydrogen (secondary N) is 1. The molecule has 1 aromatic carbocycles. The first-order valence-electron chi connectivity index (χ1n) is 6.78. The van der Waals surface area contributed by atoms with Crippen LogP contribution < -0.4 is 10.2 Å². The molecule has 0 radical (unpaired) electrons. The second-order valence-corrected chi connectivity index (χ2v) is 4.75. The third-order valence-corrected chi connectivity index (χ3v) is 3.20. The van der Waals surface area contributed by atoms with E-state index >= 15 is 0 Å². The van der Waals surface area contributed by atoms with E-state index in [-0.39, 0.29) is 12.3 Å². The van der Waals surface area contributed by atoms with Gasteiger partial charge in [0.25, 0.3) is 0 Å². The van der Waals surface area contributed by atoms with Crippen molar-refractivity contribution in [2.45, 2.75) is 25.9 Å². The zero-order valence-corrected chi connectivity index (χ0v) is 11.9. The Morgan fingerprint density at radius 3 is 2.73 bits per heavy atom. The molecule has 0 bridgehead atoms. The van der Waals surface area contributed by atoms with Crippen LogP contribution in [0, 0.1) is 0 Å². The van der Waals surface area contributed by atoms with Crippen molar-refractivity contribution < 1.29 is 27.5 Å². The SMILES string of the molecule is CCOC(=O)N1CCCc2cc(NC(=O)C(F)(F)F)ccc21. The van der Waals surface area contributed by atoms with Crippen LogP contribution in [-0.2, 0) is 16.0 Å². The van der Waals surface area contributed by atoms with Gasteiger partial charge in [-0.3, -0.25) is 9.69 Å². The number of carbonyl (C=O) groups excluding carboxylic acids is 2. The minimum atomic E-state index is -4.94. The second kappa shape index (κ2) is 6.25. The number of halogens is 3. The maximum Gasteiger partial charge on any atom is 0.471 e. The van der Waals surface area contributed by atoms with Crippen LogP contribution in [0.5, 0.6) is 0 Å². The Bertz CT molecular complexity index is 587. The van der Waals surface area contributed by atoms with Crippen molar-refractivity contribution in [2.24, 2.45) is 0 Å². The summed E-state index contributed by atoms with van der Waals surface area (Å²) in [6, 6.07) is 4.29. The van der Waals surface area contributed by atoms with Crippen LogP contribution >= 0.6 is 0 Å². The van der Waals surface area contributed by atoms with Crippen LogP contribution in [0.4, 0.5) is 29.3 Å². The Labute approximate surface area is 125 Å². The van der Waals surface area contributed by atoms with Gasteiger partial charge >= 0.3 is 18.2 Å². The molecule has 1 N–H and O–H groups in total. The van der Waals surface area contributed by atoms with Crippen LogP contribution in [-0.4, -0.2) is 31.3 Å². The van der Waals surface area contributed by atoms with Crippen molar-refractivity contribution in [1.29, 1.82) is 0 Å². The van der Waals surface area contributed by atoms with Gasteiger partial charge in [-0.15, -0.1) is 0 Å². The van der Waals surface area contributed by atoms with Gasteiger partial charge in [0.1, 0.15) is 0 Å². The van der Waals surface area contributed by atoms with Gasteiger partial charge in [0.15, 0.2) is 0 Å². The minimum Gasteiger partial charge on any atom is -0.449 e. The molecule has 0 aliphatic carbocycles. The lowest BCUT2D eigenvalue weighted by atomic mass is 10.0. The number of nitrogens with zero attached hydrogens (tertiary/aromatic N) is 1. The maximum atomic E-state index is 12.2. The average molecular weight is 316 g/mol. The Hall–Kier alpha value is -2.25. The first-order valence-corrected chi connectivity index (χ1v) is 6.78. The highest BCUT2D eigenvalue weighted by Crippen LogP contribution is 2.30.